The third kappa shape index (κ3) is 2.33. The lowest BCUT2D eigenvalue weighted by Gasteiger charge is -2.35. The topological polar surface area (TPSA) is 18.5 Å². The van der Waals surface area contributed by atoms with Crippen LogP contribution < -0.4 is 9.47 Å². The molecule has 0 heterocycles. The lowest BCUT2D eigenvalue weighted by atomic mass is 9.71. The molecule has 0 bridgehead atoms. The van der Waals surface area contributed by atoms with E-state index in [9.17, 15) is 0 Å². The zero-order chi connectivity index (χ0) is 14.2. The summed E-state index contributed by atoms with van der Waals surface area (Å²) in [6.45, 7) is 9.02. The van der Waals surface area contributed by atoms with Crippen molar-refractivity contribution < 1.29 is 9.47 Å². The highest BCUT2D eigenvalue weighted by Gasteiger charge is 2.33. The van der Waals surface area contributed by atoms with Crippen molar-refractivity contribution in [1.29, 1.82) is 0 Å². The van der Waals surface area contributed by atoms with E-state index in [2.05, 4.69) is 33.8 Å². The first kappa shape index (κ1) is 14.2. The first-order chi connectivity index (χ1) is 9.01. The van der Waals surface area contributed by atoms with Gasteiger partial charge in [0.05, 0.1) is 14.2 Å². The van der Waals surface area contributed by atoms with Gasteiger partial charge in [0.25, 0.3) is 0 Å². The van der Waals surface area contributed by atoms with Crippen LogP contribution in [0.3, 0.4) is 0 Å². The molecule has 0 spiro atoms. The lowest BCUT2D eigenvalue weighted by Crippen LogP contribution is -2.19. The highest BCUT2D eigenvalue weighted by molar-refractivity contribution is 5.57. The largest absolute Gasteiger partial charge is 0.496 e. The average molecular weight is 262 g/mol. The molecule has 2 nitrogen and oxygen atoms in total. The van der Waals surface area contributed by atoms with Gasteiger partial charge >= 0.3 is 0 Å². The molecule has 2 atom stereocenters. The predicted octanol–water partition coefficient (Wildman–Crippen LogP) is 4.65. The summed E-state index contributed by atoms with van der Waals surface area (Å²) >= 11 is 0. The van der Waals surface area contributed by atoms with Gasteiger partial charge in [-0.05, 0) is 49.1 Å². The van der Waals surface area contributed by atoms with E-state index < -0.39 is 0 Å². The molecule has 0 N–H and O–H groups in total. The summed E-state index contributed by atoms with van der Waals surface area (Å²) in [5.74, 6) is 3.86. The van der Waals surface area contributed by atoms with Gasteiger partial charge in [-0.1, -0.05) is 20.8 Å². The Labute approximate surface area is 117 Å². The second-order valence-electron chi connectivity index (χ2n) is 6.09. The molecule has 106 valence electrons. The fraction of sp³-hybridized carbons (Fsp3) is 0.647. The highest BCUT2D eigenvalue weighted by Crippen LogP contribution is 2.50. The minimum absolute atomic E-state index is 0.550. The summed E-state index contributed by atoms with van der Waals surface area (Å²) in [5.41, 5.74) is 3.95. The van der Waals surface area contributed by atoms with Crippen molar-refractivity contribution in [1.82, 2.24) is 0 Å². The number of methoxy groups -OCH3 is 2. The van der Waals surface area contributed by atoms with Crippen molar-refractivity contribution in [3.8, 4) is 11.5 Å². The maximum absolute atomic E-state index is 5.72. The van der Waals surface area contributed by atoms with E-state index in [1.165, 1.54) is 29.5 Å². The van der Waals surface area contributed by atoms with Crippen molar-refractivity contribution in [2.24, 2.45) is 5.92 Å². The van der Waals surface area contributed by atoms with Crippen LogP contribution in [0.2, 0.25) is 0 Å². The monoisotopic (exact) mass is 262 g/mol. The number of hydrogen-bond acceptors (Lipinski definition) is 2. The maximum atomic E-state index is 5.72. The fourth-order valence-electron chi connectivity index (χ4n) is 3.51. The van der Waals surface area contributed by atoms with Crippen LogP contribution in [-0.4, -0.2) is 14.2 Å². The maximum Gasteiger partial charge on any atom is 0.125 e. The molecule has 0 aliphatic heterocycles. The molecule has 1 aliphatic rings. The Balaban J connectivity index is 2.72. The molecule has 2 heteroatoms. The third-order valence-corrected chi connectivity index (χ3v) is 4.51. The van der Waals surface area contributed by atoms with Crippen LogP contribution in [0.15, 0.2) is 6.07 Å². The van der Waals surface area contributed by atoms with Gasteiger partial charge in [0.2, 0.25) is 0 Å². The number of fused-ring (bicyclic) bond motifs is 1. The number of ether oxygens (including phenoxy) is 2. The van der Waals surface area contributed by atoms with Crippen molar-refractivity contribution in [2.75, 3.05) is 14.2 Å². The van der Waals surface area contributed by atoms with Crippen molar-refractivity contribution >= 4 is 0 Å². The van der Waals surface area contributed by atoms with Gasteiger partial charge in [0.1, 0.15) is 11.5 Å². The molecule has 0 radical (unpaired) electrons. The van der Waals surface area contributed by atoms with Crippen LogP contribution in [0.1, 0.15) is 62.1 Å². The van der Waals surface area contributed by atoms with Gasteiger partial charge in [-0.3, -0.25) is 0 Å². The number of rotatable bonds is 3. The lowest BCUT2D eigenvalue weighted by molar-refractivity contribution is 0.348. The van der Waals surface area contributed by atoms with Crippen molar-refractivity contribution in [3.05, 3.63) is 22.8 Å². The normalized spacial score (nSPS) is 22.3. The third-order valence-electron chi connectivity index (χ3n) is 4.51. The SMILES string of the molecule is COc1cc(C)c(OC)c2c1[C@@H](C)CC[C@@H]2C(C)C. The Hall–Kier alpha value is -1.18. The van der Waals surface area contributed by atoms with E-state index in [0.717, 1.165) is 11.5 Å². The Kier molecular flexibility index (Phi) is 4.07. The Morgan fingerprint density at radius 1 is 1.11 bits per heavy atom. The predicted molar refractivity (Wildman–Crippen MR) is 79.5 cm³/mol. The number of aryl methyl sites for hydroxylation is 1. The summed E-state index contributed by atoms with van der Waals surface area (Å²) in [6.07, 6.45) is 2.48. The van der Waals surface area contributed by atoms with Crippen molar-refractivity contribution in [3.63, 3.8) is 0 Å². The number of hydrogen-bond donors (Lipinski definition) is 0. The quantitative estimate of drug-likeness (QED) is 0.789. The molecule has 0 fully saturated rings. The molecule has 0 aromatic heterocycles. The van der Waals surface area contributed by atoms with E-state index in [-0.39, 0.29) is 0 Å². The highest BCUT2D eigenvalue weighted by atomic mass is 16.5. The summed E-state index contributed by atoms with van der Waals surface area (Å²) in [6, 6.07) is 2.12. The molecule has 19 heavy (non-hydrogen) atoms. The Morgan fingerprint density at radius 3 is 2.32 bits per heavy atom. The summed E-state index contributed by atoms with van der Waals surface area (Å²) < 4.78 is 11.4. The second kappa shape index (κ2) is 5.44. The first-order valence-electron chi connectivity index (χ1n) is 7.26. The van der Waals surface area contributed by atoms with Gasteiger partial charge in [-0.15, -0.1) is 0 Å². The Morgan fingerprint density at radius 2 is 1.79 bits per heavy atom. The molecule has 1 aromatic rings. The van der Waals surface area contributed by atoms with Gasteiger partial charge in [0, 0.05) is 11.1 Å². The first-order valence-corrected chi connectivity index (χ1v) is 7.26. The van der Waals surface area contributed by atoms with E-state index >= 15 is 0 Å². The molecule has 0 amide bonds. The second-order valence-corrected chi connectivity index (χ2v) is 6.09. The van der Waals surface area contributed by atoms with Crippen LogP contribution in [0, 0.1) is 12.8 Å². The molecule has 1 aliphatic carbocycles. The van der Waals surface area contributed by atoms with Crippen molar-refractivity contribution in [2.45, 2.75) is 52.4 Å². The van der Waals surface area contributed by atoms with Crippen LogP contribution >= 0.6 is 0 Å². The van der Waals surface area contributed by atoms with Gasteiger partial charge in [-0.2, -0.15) is 0 Å². The molecular weight excluding hydrogens is 236 g/mol. The zero-order valence-corrected chi connectivity index (χ0v) is 13.0. The molecule has 2 rings (SSSR count). The van der Waals surface area contributed by atoms with Gasteiger partial charge in [0.15, 0.2) is 0 Å². The Bertz CT molecular complexity index is 463. The van der Waals surface area contributed by atoms with Gasteiger partial charge in [-0.25, -0.2) is 0 Å². The summed E-state index contributed by atoms with van der Waals surface area (Å²) in [5, 5.41) is 0. The summed E-state index contributed by atoms with van der Waals surface area (Å²) in [7, 11) is 3.55. The average Bonchev–Trinajstić information content (AvgIpc) is 2.37. The van der Waals surface area contributed by atoms with E-state index in [1.54, 1.807) is 14.2 Å². The van der Waals surface area contributed by atoms with E-state index in [1.807, 2.05) is 0 Å². The molecule has 1 aromatic carbocycles. The smallest absolute Gasteiger partial charge is 0.125 e. The summed E-state index contributed by atoms with van der Waals surface area (Å²) in [4.78, 5) is 0. The number of benzene rings is 1. The van der Waals surface area contributed by atoms with Gasteiger partial charge < -0.3 is 9.47 Å². The molecule has 0 saturated carbocycles. The standard InChI is InChI=1S/C17H26O2/c1-10(2)13-8-7-11(3)15-14(18-5)9-12(4)17(19-6)16(13)15/h9-11,13H,7-8H2,1-6H3/t11-,13+/m0/s1. The molecule has 0 saturated heterocycles. The minimum atomic E-state index is 0.550. The van der Waals surface area contributed by atoms with E-state index in [0.29, 0.717) is 17.8 Å². The van der Waals surface area contributed by atoms with Crippen LogP contribution in [-0.2, 0) is 0 Å². The molecule has 0 unspecified atom stereocenters. The van der Waals surface area contributed by atoms with Crippen LogP contribution in [0.4, 0.5) is 0 Å². The minimum Gasteiger partial charge on any atom is -0.496 e. The van der Waals surface area contributed by atoms with Crippen LogP contribution in [0.25, 0.3) is 0 Å². The fourth-order valence-corrected chi connectivity index (χ4v) is 3.51. The molecular formula is C17H26O2. The zero-order valence-electron chi connectivity index (χ0n) is 13.0. The van der Waals surface area contributed by atoms with Crippen LogP contribution in [0.5, 0.6) is 11.5 Å². The van der Waals surface area contributed by atoms with E-state index in [4.69, 9.17) is 9.47 Å².